The van der Waals surface area contributed by atoms with E-state index in [9.17, 15) is 19.1 Å². The molecule has 0 aliphatic carbocycles. The Labute approximate surface area is 154 Å². The predicted octanol–water partition coefficient (Wildman–Crippen LogP) is 2.15. The Bertz CT molecular complexity index is 974. The number of halogens is 1. The molecule has 0 aliphatic heterocycles. The average Bonchev–Trinajstić information content (AvgIpc) is 2.66. The summed E-state index contributed by atoms with van der Waals surface area (Å²) in [5.41, 5.74) is -1.66. The van der Waals surface area contributed by atoms with E-state index >= 15 is 0 Å². The molecule has 1 atom stereocenters. The van der Waals surface area contributed by atoms with Crippen LogP contribution in [-0.4, -0.2) is 29.5 Å². The fourth-order valence-corrected chi connectivity index (χ4v) is 2.07. The van der Waals surface area contributed by atoms with Crippen molar-refractivity contribution in [3.63, 3.8) is 0 Å². The third-order valence-electron chi connectivity index (χ3n) is 3.63. The van der Waals surface area contributed by atoms with E-state index in [4.69, 9.17) is 15.3 Å². The van der Waals surface area contributed by atoms with E-state index in [1.54, 1.807) is 6.07 Å². The largest absolute Gasteiger partial charge is 0.490 e. The van der Waals surface area contributed by atoms with Crippen LogP contribution in [0.3, 0.4) is 0 Å². The van der Waals surface area contributed by atoms with Gasteiger partial charge in [0.25, 0.3) is 5.91 Å². The normalized spacial score (nSPS) is 12.2. The second kappa shape index (κ2) is 8.09. The number of nitrogens with zero attached hydrogens (tertiary/aromatic N) is 2. The molecule has 1 unspecified atom stereocenters. The monoisotopic (exact) mass is 367 g/mol. The molecule has 0 radical (unpaired) electrons. The summed E-state index contributed by atoms with van der Waals surface area (Å²) >= 11 is 0. The number of aliphatic hydroxyl groups is 1. The smallest absolute Gasteiger partial charge is 0.259 e. The number of hydrogen-bond acceptors (Lipinski definition) is 6. The predicted molar refractivity (Wildman–Crippen MR) is 92.4 cm³/mol. The van der Waals surface area contributed by atoms with E-state index in [1.807, 2.05) is 6.07 Å². The highest BCUT2D eigenvalue weighted by Gasteiger charge is 2.31. The number of hydrogen-bond donors (Lipinski definition) is 2. The molecule has 2 aromatic carbocycles. The Morgan fingerprint density at radius 1 is 1.26 bits per heavy atom. The number of amides is 1. The standard InChI is InChI=1S/C19H14FN3O4/c1-19(26,11-27-16-5-3-13(9-22)17(20)7-16)18(25)23-15-4-2-12(8-21)14(6-15)10-24/h2-7,10,26H,11H2,1H3,(H,23,25). The third kappa shape index (κ3) is 4.66. The number of carbonyl (C=O) groups excluding carboxylic acids is 2. The molecule has 0 aliphatic rings. The maximum absolute atomic E-state index is 13.6. The number of nitriles is 2. The molecule has 0 bridgehead atoms. The fraction of sp³-hybridized carbons (Fsp3) is 0.158. The van der Waals surface area contributed by atoms with E-state index in [1.165, 1.54) is 37.3 Å². The molecule has 1 amide bonds. The van der Waals surface area contributed by atoms with Gasteiger partial charge in [0.1, 0.15) is 24.2 Å². The van der Waals surface area contributed by atoms with Gasteiger partial charge in [0.05, 0.1) is 17.2 Å². The van der Waals surface area contributed by atoms with Gasteiger partial charge in [-0.15, -0.1) is 0 Å². The van der Waals surface area contributed by atoms with E-state index in [2.05, 4.69) is 5.32 Å². The minimum absolute atomic E-state index is 0.0428. The highest BCUT2D eigenvalue weighted by atomic mass is 19.1. The van der Waals surface area contributed by atoms with Crippen LogP contribution in [0, 0.1) is 28.5 Å². The van der Waals surface area contributed by atoms with Gasteiger partial charge < -0.3 is 15.2 Å². The van der Waals surface area contributed by atoms with Gasteiger partial charge >= 0.3 is 0 Å². The zero-order valence-corrected chi connectivity index (χ0v) is 14.2. The van der Waals surface area contributed by atoms with Crippen LogP contribution in [0.15, 0.2) is 36.4 Å². The van der Waals surface area contributed by atoms with Crippen molar-refractivity contribution in [2.75, 3.05) is 11.9 Å². The lowest BCUT2D eigenvalue weighted by atomic mass is 10.1. The molecule has 0 saturated carbocycles. The van der Waals surface area contributed by atoms with Gasteiger partial charge in [0, 0.05) is 17.3 Å². The average molecular weight is 367 g/mol. The van der Waals surface area contributed by atoms with Gasteiger partial charge in [0.2, 0.25) is 0 Å². The summed E-state index contributed by atoms with van der Waals surface area (Å²) in [6.07, 6.45) is 0.481. The number of nitrogens with one attached hydrogen (secondary N) is 1. The van der Waals surface area contributed by atoms with Crippen LogP contribution >= 0.6 is 0 Å². The van der Waals surface area contributed by atoms with Crippen molar-refractivity contribution >= 4 is 17.9 Å². The molecular weight excluding hydrogens is 353 g/mol. The molecular formula is C19H14FN3O4. The van der Waals surface area contributed by atoms with Gasteiger partial charge in [0.15, 0.2) is 11.9 Å². The van der Waals surface area contributed by atoms with Gasteiger partial charge in [-0.05, 0) is 37.3 Å². The zero-order valence-electron chi connectivity index (χ0n) is 14.2. The van der Waals surface area contributed by atoms with Crippen LogP contribution in [0.25, 0.3) is 0 Å². The second-order valence-corrected chi connectivity index (χ2v) is 5.80. The Hall–Kier alpha value is -3.75. The summed E-state index contributed by atoms with van der Waals surface area (Å²) in [6, 6.07) is 11.1. The molecule has 2 rings (SSSR count). The zero-order chi connectivity index (χ0) is 20.0. The highest BCUT2D eigenvalue weighted by Crippen LogP contribution is 2.19. The van der Waals surface area contributed by atoms with Crippen molar-refractivity contribution in [2.45, 2.75) is 12.5 Å². The number of ether oxygens (including phenoxy) is 1. The minimum atomic E-state index is -1.97. The van der Waals surface area contributed by atoms with E-state index in [0.29, 0.717) is 6.29 Å². The summed E-state index contributed by atoms with van der Waals surface area (Å²) in [5, 5.41) is 30.3. The molecule has 8 heteroatoms. The van der Waals surface area contributed by atoms with Crippen LogP contribution < -0.4 is 10.1 Å². The van der Waals surface area contributed by atoms with Crippen molar-refractivity contribution < 1.29 is 23.8 Å². The van der Waals surface area contributed by atoms with Crippen LogP contribution in [0.1, 0.15) is 28.4 Å². The molecule has 0 saturated heterocycles. The summed E-state index contributed by atoms with van der Waals surface area (Å²) in [7, 11) is 0. The molecule has 0 fully saturated rings. The fourth-order valence-electron chi connectivity index (χ4n) is 2.07. The van der Waals surface area contributed by atoms with E-state index < -0.39 is 23.9 Å². The van der Waals surface area contributed by atoms with Crippen LogP contribution in [0.2, 0.25) is 0 Å². The summed E-state index contributed by atoms with van der Waals surface area (Å²) in [6.45, 7) is 0.716. The summed E-state index contributed by atoms with van der Waals surface area (Å²) in [4.78, 5) is 23.2. The number of rotatable bonds is 6. The second-order valence-electron chi connectivity index (χ2n) is 5.80. The Balaban J connectivity index is 2.07. The molecule has 136 valence electrons. The van der Waals surface area contributed by atoms with Gasteiger partial charge in [-0.3, -0.25) is 9.59 Å². The molecule has 7 nitrogen and oxygen atoms in total. The summed E-state index contributed by atoms with van der Waals surface area (Å²) < 4.78 is 18.8. The van der Waals surface area contributed by atoms with E-state index in [-0.39, 0.29) is 28.1 Å². The third-order valence-corrected chi connectivity index (χ3v) is 3.63. The molecule has 2 N–H and O–H groups in total. The lowest BCUT2D eigenvalue weighted by Crippen LogP contribution is -2.45. The first-order valence-corrected chi connectivity index (χ1v) is 7.66. The van der Waals surface area contributed by atoms with Gasteiger partial charge in [-0.1, -0.05) is 0 Å². The minimum Gasteiger partial charge on any atom is -0.490 e. The first-order valence-electron chi connectivity index (χ1n) is 7.66. The number of aldehydes is 1. The quantitative estimate of drug-likeness (QED) is 0.754. The van der Waals surface area contributed by atoms with Crippen LogP contribution in [0.5, 0.6) is 5.75 Å². The number of carbonyl (C=O) groups is 2. The van der Waals surface area contributed by atoms with Crippen LogP contribution in [-0.2, 0) is 4.79 Å². The first kappa shape index (κ1) is 19.6. The number of anilines is 1. The molecule has 27 heavy (non-hydrogen) atoms. The van der Waals surface area contributed by atoms with Crippen molar-refractivity contribution in [2.24, 2.45) is 0 Å². The number of benzene rings is 2. The van der Waals surface area contributed by atoms with Crippen molar-refractivity contribution in [1.82, 2.24) is 0 Å². The Morgan fingerprint density at radius 3 is 2.52 bits per heavy atom. The Morgan fingerprint density at radius 2 is 1.93 bits per heavy atom. The molecule has 0 aromatic heterocycles. The van der Waals surface area contributed by atoms with Crippen molar-refractivity contribution in [3.05, 3.63) is 58.9 Å². The first-order chi connectivity index (χ1) is 12.8. The Kier molecular flexibility index (Phi) is 5.86. The lowest BCUT2D eigenvalue weighted by molar-refractivity contribution is -0.135. The molecule has 0 heterocycles. The maximum atomic E-state index is 13.6. The summed E-state index contributed by atoms with van der Waals surface area (Å²) in [5.74, 6) is -1.56. The topological polar surface area (TPSA) is 123 Å². The van der Waals surface area contributed by atoms with Crippen molar-refractivity contribution in [3.8, 4) is 17.9 Å². The highest BCUT2D eigenvalue weighted by molar-refractivity contribution is 5.97. The maximum Gasteiger partial charge on any atom is 0.259 e. The van der Waals surface area contributed by atoms with Gasteiger partial charge in [-0.2, -0.15) is 10.5 Å². The molecule has 2 aromatic rings. The van der Waals surface area contributed by atoms with Crippen LogP contribution in [0.4, 0.5) is 10.1 Å². The van der Waals surface area contributed by atoms with Crippen molar-refractivity contribution in [1.29, 1.82) is 10.5 Å². The SMILES string of the molecule is CC(O)(COc1ccc(C#N)c(F)c1)C(=O)Nc1ccc(C#N)c(C=O)c1. The molecule has 0 spiro atoms. The lowest BCUT2D eigenvalue weighted by Gasteiger charge is -2.22. The van der Waals surface area contributed by atoms with Gasteiger partial charge in [-0.25, -0.2) is 4.39 Å². The van der Waals surface area contributed by atoms with E-state index in [0.717, 1.165) is 6.07 Å².